The van der Waals surface area contributed by atoms with Crippen molar-refractivity contribution in [3.05, 3.63) is 170 Å². The molecule has 4 heterocycles. The molecule has 0 amide bonds. The number of nitrogens with zero attached hydrogens (tertiary/aromatic N) is 4. The second-order valence-electron chi connectivity index (χ2n) is 13.9. The van der Waals surface area contributed by atoms with Gasteiger partial charge in [-0.25, -0.2) is 4.98 Å². The van der Waals surface area contributed by atoms with Crippen molar-refractivity contribution in [2.75, 3.05) is 0 Å². The monoisotopic (exact) mass is 672 g/mol. The maximum atomic E-state index is 5.44. The van der Waals surface area contributed by atoms with Crippen molar-refractivity contribution >= 4 is 92.5 Å². The van der Waals surface area contributed by atoms with Crippen LogP contribution in [0.4, 0.5) is 0 Å². The second-order valence-corrected chi connectivity index (χ2v) is 13.9. The Morgan fingerprint density at radius 1 is 0.358 bits per heavy atom. The summed E-state index contributed by atoms with van der Waals surface area (Å²) in [5.74, 6) is 0. The third-order valence-electron chi connectivity index (χ3n) is 11.2. The van der Waals surface area contributed by atoms with Gasteiger partial charge in [-0.15, -0.1) is 0 Å². The summed E-state index contributed by atoms with van der Waals surface area (Å²) < 4.78 is 2.34. The van der Waals surface area contributed by atoms with Gasteiger partial charge in [-0.05, 0) is 108 Å². The minimum absolute atomic E-state index is 0.876. The molecule has 0 fully saturated rings. The molecule has 4 nitrogen and oxygen atoms in total. The number of benzene rings is 8. The molecule has 0 spiro atoms. The molecular weight excluding hydrogens is 645 g/mol. The van der Waals surface area contributed by atoms with E-state index >= 15 is 0 Å². The van der Waals surface area contributed by atoms with Crippen LogP contribution < -0.4 is 0 Å². The summed E-state index contributed by atoms with van der Waals surface area (Å²) in [4.78, 5) is 15.0. The Morgan fingerprint density at radius 3 is 1.62 bits per heavy atom. The largest absolute Gasteiger partial charge is 0.291 e. The first-order valence-corrected chi connectivity index (χ1v) is 18.0. The normalized spacial score (nSPS) is 12.2. The van der Waals surface area contributed by atoms with Gasteiger partial charge in [0.05, 0.1) is 27.6 Å². The van der Waals surface area contributed by atoms with E-state index < -0.39 is 0 Å². The molecule has 0 saturated carbocycles. The number of hydrogen-bond donors (Lipinski definition) is 0. The van der Waals surface area contributed by atoms with Crippen LogP contribution in [0.3, 0.4) is 0 Å². The Hall–Kier alpha value is -7.17. The molecule has 12 aromatic rings. The Morgan fingerprint density at radius 2 is 0.906 bits per heavy atom. The molecule has 0 radical (unpaired) electrons. The standard InChI is InChI=1S/C49H28N4/c1-2-12-30-27-31(22-21-29(30)11-1)43-34-14-3-5-16-36(34)44(37-17-6-4-15-35(37)43)32-23-24-38-41(28-32)33-13-7-8-20-42(33)53-48-40-19-10-26-51-46(40)45-39(18-9-25-50-45)47(48)52-49(38)53/h1-28H. The van der Waals surface area contributed by atoms with Crippen molar-refractivity contribution in [2.24, 2.45) is 0 Å². The van der Waals surface area contributed by atoms with Crippen LogP contribution in [0.25, 0.3) is 115 Å². The average molecular weight is 673 g/mol. The summed E-state index contributed by atoms with van der Waals surface area (Å²) in [6.45, 7) is 0. The van der Waals surface area contributed by atoms with Crippen LogP contribution in [-0.2, 0) is 0 Å². The molecule has 0 unspecified atom stereocenters. The fourth-order valence-electron chi connectivity index (χ4n) is 8.95. The van der Waals surface area contributed by atoms with E-state index in [1.807, 2.05) is 24.5 Å². The predicted molar refractivity (Wildman–Crippen MR) is 222 cm³/mol. The fourth-order valence-corrected chi connectivity index (χ4v) is 8.95. The van der Waals surface area contributed by atoms with E-state index in [1.165, 1.54) is 65.3 Å². The molecular formula is C49H28N4. The summed E-state index contributed by atoms with van der Waals surface area (Å²) in [5.41, 5.74) is 10.7. The zero-order valence-corrected chi connectivity index (χ0v) is 28.5. The maximum Gasteiger partial charge on any atom is 0.146 e. The quantitative estimate of drug-likeness (QED) is 0.136. The SMILES string of the molecule is c1ccc2cc(-c3c4ccccc4c(-c4ccc5c(c4)c4ccccc4n4c5nc5c6cccnc6c6ncccc6c54)c4ccccc34)ccc2c1. The Kier molecular flexibility index (Phi) is 5.74. The van der Waals surface area contributed by atoms with E-state index in [1.54, 1.807) is 0 Å². The Bertz CT molecular complexity index is 3470. The lowest BCUT2D eigenvalue weighted by Gasteiger charge is -2.18. The minimum atomic E-state index is 0.876. The van der Waals surface area contributed by atoms with Crippen molar-refractivity contribution in [3.8, 4) is 22.3 Å². The van der Waals surface area contributed by atoms with Gasteiger partial charge in [0.1, 0.15) is 5.65 Å². The minimum Gasteiger partial charge on any atom is -0.291 e. The highest BCUT2D eigenvalue weighted by atomic mass is 15.0. The Labute approximate surface area is 303 Å². The first kappa shape index (κ1) is 28.5. The molecule has 4 aromatic heterocycles. The molecule has 0 N–H and O–H groups in total. The zero-order valence-electron chi connectivity index (χ0n) is 28.5. The topological polar surface area (TPSA) is 43.1 Å². The van der Waals surface area contributed by atoms with Crippen molar-refractivity contribution < 1.29 is 0 Å². The lowest BCUT2D eigenvalue weighted by Crippen LogP contribution is -1.94. The van der Waals surface area contributed by atoms with Crippen LogP contribution in [0.15, 0.2) is 170 Å². The highest BCUT2D eigenvalue weighted by Crippen LogP contribution is 2.46. The summed E-state index contributed by atoms with van der Waals surface area (Å²) >= 11 is 0. The lowest BCUT2D eigenvalue weighted by molar-refractivity contribution is 1.32. The molecule has 4 heteroatoms. The molecule has 0 aliphatic carbocycles. The molecule has 0 bridgehead atoms. The van der Waals surface area contributed by atoms with Crippen molar-refractivity contribution in [1.29, 1.82) is 0 Å². The highest BCUT2D eigenvalue weighted by molar-refractivity contribution is 6.26. The van der Waals surface area contributed by atoms with Gasteiger partial charge >= 0.3 is 0 Å². The van der Waals surface area contributed by atoms with Gasteiger partial charge in [0.15, 0.2) is 0 Å². The number of imidazole rings is 1. The number of pyridine rings is 3. The van der Waals surface area contributed by atoms with Crippen molar-refractivity contribution in [1.82, 2.24) is 19.4 Å². The highest BCUT2D eigenvalue weighted by Gasteiger charge is 2.21. The number of hydrogen-bond acceptors (Lipinski definition) is 3. The second kappa shape index (κ2) is 10.7. The molecule has 12 rings (SSSR count). The molecule has 0 atom stereocenters. The van der Waals surface area contributed by atoms with Gasteiger partial charge < -0.3 is 0 Å². The number of rotatable bonds is 2. The molecule has 0 aliphatic heterocycles. The van der Waals surface area contributed by atoms with E-state index in [0.29, 0.717) is 0 Å². The van der Waals surface area contributed by atoms with Crippen LogP contribution in [0.2, 0.25) is 0 Å². The third-order valence-corrected chi connectivity index (χ3v) is 11.2. The summed E-state index contributed by atoms with van der Waals surface area (Å²) in [6.07, 6.45) is 3.69. The number of para-hydroxylation sites is 1. The first-order chi connectivity index (χ1) is 26.3. The van der Waals surface area contributed by atoms with Crippen LogP contribution in [0.5, 0.6) is 0 Å². The van der Waals surface area contributed by atoms with E-state index in [0.717, 1.165) is 49.4 Å². The van der Waals surface area contributed by atoms with Gasteiger partial charge in [-0.3, -0.25) is 14.4 Å². The van der Waals surface area contributed by atoms with E-state index in [9.17, 15) is 0 Å². The lowest BCUT2D eigenvalue weighted by atomic mass is 9.85. The van der Waals surface area contributed by atoms with Crippen LogP contribution in [0.1, 0.15) is 0 Å². The van der Waals surface area contributed by atoms with Gasteiger partial charge in [0, 0.05) is 33.9 Å². The fraction of sp³-hybridized carbons (Fsp3) is 0. The molecule has 8 aromatic carbocycles. The summed E-state index contributed by atoms with van der Waals surface area (Å²) in [7, 11) is 0. The summed E-state index contributed by atoms with van der Waals surface area (Å²) in [5, 5.41) is 13.0. The molecule has 0 saturated heterocycles. The molecule has 244 valence electrons. The molecule has 53 heavy (non-hydrogen) atoms. The smallest absolute Gasteiger partial charge is 0.146 e. The van der Waals surface area contributed by atoms with Gasteiger partial charge in [-0.1, -0.05) is 109 Å². The van der Waals surface area contributed by atoms with Gasteiger partial charge in [0.25, 0.3) is 0 Å². The van der Waals surface area contributed by atoms with Crippen LogP contribution >= 0.6 is 0 Å². The van der Waals surface area contributed by atoms with E-state index in [4.69, 9.17) is 15.0 Å². The van der Waals surface area contributed by atoms with Crippen molar-refractivity contribution in [2.45, 2.75) is 0 Å². The Balaban J connectivity index is 1.19. The van der Waals surface area contributed by atoms with E-state index in [-0.39, 0.29) is 0 Å². The number of aromatic nitrogens is 4. The van der Waals surface area contributed by atoms with Crippen LogP contribution in [0, 0.1) is 0 Å². The summed E-state index contributed by atoms with van der Waals surface area (Å²) in [6, 6.07) is 57.2. The van der Waals surface area contributed by atoms with Crippen LogP contribution in [-0.4, -0.2) is 19.4 Å². The first-order valence-electron chi connectivity index (χ1n) is 18.0. The predicted octanol–water partition coefficient (Wildman–Crippen LogP) is 12.7. The van der Waals surface area contributed by atoms with Crippen molar-refractivity contribution in [3.63, 3.8) is 0 Å². The van der Waals surface area contributed by atoms with Gasteiger partial charge in [-0.2, -0.15) is 0 Å². The third kappa shape index (κ3) is 3.92. The van der Waals surface area contributed by atoms with E-state index in [2.05, 4.69) is 150 Å². The zero-order chi connectivity index (χ0) is 34.6. The average Bonchev–Trinajstić information content (AvgIpc) is 3.64. The number of fused-ring (bicyclic) bond motifs is 16. The molecule has 0 aliphatic rings. The van der Waals surface area contributed by atoms with Gasteiger partial charge in [0.2, 0.25) is 0 Å². The maximum absolute atomic E-state index is 5.44.